The van der Waals surface area contributed by atoms with Crippen LogP contribution in [0.2, 0.25) is 0 Å². The van der Waals surface area contributed by atoms with Gasteiger partial charge in [-0.1, -0.05) is 45.4 Å². The molecule has 7 nitrogen and oxygen atoms in total. The summed E-state index contributed by atoms with van der Waals surface area (Å²) in [6.07, 6.45) is 9.75. The molecule has 0 aromatic heterocycles. The van der Waals surface area contributed by atoms with Gasteiger partial charge in [0.05, 0.1) is 18.4 Å². The van der Waals surface area contributed by atoms with E-state index in [1.165, 1.54) is 5.57 Å². The van der Waals surface area contributed by atoms with Crippen molar-refractivity contribution in [2.24, 2.45) is 62.3 Å². The first kappa shape index (κ1) is 35.3. The third-order valence-electron chi connectivity index (χ3n) is 13.8. The van der Waals surface area contributed by atoms with Gasteiger partial charge in [0.25, 0.3) is 0 Å². The summed E-state index contributed by atoms with van der Waals surface area (Å²) in [5, 5.41) is 3.25. The maximum atomic E-state index is 13.5. The molecule has 0 saturated heterocycles. The van der Waals surface area contributed by atoms with Crippen molar-refractivity contribution in [1.29, 1.82) is 0 Å². The first-order chi connectivity index (χ1) is 21.3. The number of hydrogen-bond donors (Lipinski definition) is 0. The summed E-state index contributed by atoms with van der Waals surface area (Å²) >= 11 is 0. The van der Waals surface area contributed by atoms with E-state index in [0.29, 0.717) is 48.8 Å². The Kier molecular flexibility index (Phi) is 9.30. The number of ketones is 1. The molecule has 0 heterocycles. The van der Waals surface area contributed by atoms with Gasteiger partial charge in [-0.3, -0.25) is 14.4 Å². The Hall–Kier alpha value is -2.05. The standard InChI is InChI=1S/C39H61NO6/c1-23(2)32-28(41)21-39(19-20-40-44)18-14-27-25(33(32)39)11-12-30-37(9)17-15-29(24(3)26(37)13-16-38(27,30)10)45-31(42)22-36(7,8)34(43)46-35(4,5)6/h23-27,29-30H,11-22H2,1-10H3. The van der Waals surface area contributed by atoms with Crippen LogP contribution in [0.4, 0.5) is 0 Å². The zero-order chi connectivity index (χ0) is 34.0. The molecule has 5 aliphatic carbocycles. The minimum Gasteiger partial charge on any atom is -0.462 e. The molecule has 9 atom stereocenters. The minimum atomic E-state index is -0.946. The second-order valence-electron chi connectivity index (χ2n) is 18.5. The number of rotatable bonds is 8. The highest BCUT2D eigenvalue weighted by molar-refractivity contribution is 6.00. The zero-order valence-corrected chi connectivity index (χ0v) is 30.4. The molecular weight excluding hydrogens is 578 g/mol. The molecule has 0 radical (unpaired) electrons. The molecule has 9 unspecified atom stereocenters. The quantitative estimate of drug-likeness (QED) is 0.194. The molecule has 5 aliphatic rings. The van der Waals surface area contributed by atoms with Crippen LogP contribution in [-0.2, 0) is 23.9 Å². The monoisotopic (exact) mass is 639 g/mol. The number of hydrogen-bond acceptors (Lipinski definition) is 7. The maximum Gasteiger partial charge on any atom is 0.312 e. The molecular formula is C39H61NO6. The fraction of sp³-hybridized carbons (Fsp3) is 0.872. The first-order valence-electron chi connectivity index (χ1n) is 18.3. The number of esters is 2. The highest BCUT2D eigenvalue weighted by Gasteiger charge is 2.65. The van der Waals surface area contributed by atoms with E-state index in [1.54, 1.807) is 13.8 Å². The molecule has 4 saturated carbocycles. The zero-order valence-electron chi connectivity index (χ0n) is 30.4. The normalized spacial score (nSPS) is 39.2. The van der Waals surface area contributed by atoms with Gasteiger partial charge < -0.3 is 9.47 Å². The number of nitrogens with zero attached hydrogens (tertiary/aromatic N) is 1. The molecule has 7 heteroatoms. The van der Waals surface area contributed by atoms with Crippen molar-refractivity contribution >= 4 is 17.7 Å². The summed E-state index contributed by atoms with van der Waals surface area (Å²) in [6, 6.07) is 0. The fourth-order valence-corrected chi connectivity index (χ4v) is 11.8. The third-order valence-corrected chi connectivity index (χ3v) is 13.8. The Balaban J connectivity index is 1.33. The van der Waals surface area contributed by atoms with Crippen molar-refractivity contribution in [1.82, 2.24) is 0 Å². The summed E-state index contributed by atoms with van der Waals surface area (Å²) in [5.74, 6) is 2.14. The highest BCUT2D eigenvalue weighted by Crippen LogP contribution is 2.72. The van der Waals surface area contributed by atoms with Gasteiger partial charge in [-0.05, 0) is 144 Å². The lowest BCUT2D eigenvalue weighted by Crippen LogP contribution is -2.60. The summed E-state index contributed by atoms with van der Waals surface area (Å²) in [4.78, 5) is 50.8. The van der Waals surface area contributed by atoms with Gasteiger partial charge in [0.1, 0.15) is 11.7 Å². The smallest absolute Gasteiger partial charge is 0.312 e. The first-order valence-corrected chi connectivity index (χ1v) is 18.3. The van der Waals surface area contributed by atoms with Crippen LogP contribution in [0.25, 0.3) is 0 Å². The molecule has 0 aromatic rings. The molecule has 4 fully saturated rings. The average molecular weight is 640 g/mol. The van der Waals surface area contributed by atoms with Crippen molar-refractivity contribution in [3.05, 3.63) is 16.1 Å². The lowest BCUT2D eigenvalue weighted by atomic mass is 9.38. The number of carbonyl (C=O) groups is 3. The Labute approximate surface area is 277 Å². The molecule has 0 amide bonds. The third kappa shape index (κ3) is 5.93. The Bertz CT molecular complexity index is 1280. The van der Waals surface area contributed by atoms with Crippen molar-refractivity contribution in [2.75, 3.05) is 6.54 Å². The fourth-order valence-electron chi connectivity index (χ4n) is 11.8. The van der Waals surface area contributed by atoms with Crippen LogP contribution in [0.3, 0.4) is 0 Å². The van der Waals surface area contributed by atoms with E-state index in [4.69, 9.17) is 9.47 Å². The summed E-state index contributed by atoms with van der Waals surface area (Å²) in [7, 11) is 0. The van der Waals surface area contributed by atoms with Crippen LogP contribution in [0.1, 0.15) is 140 Å². The summed E-state index contributed by atoms with van der Waals surface area (Å²) in [6.45, 7) is 21.1. The maximum absolute atomic E-state index is 13.5. The molecule has 0 aliphatic heterocycles. The van der Waals surface area contributed by atoms with E-state index in [9.17, 15) is 19.3 Å². The van der Waals surface area contributed by atoms with Gasteiger partial charge in [-0.2, -0.15) is 4.91 Å². The Morgan fingerprint density at radius 3 is 2.20 bits per heavy atom. The second-order valence-corrected chi connectivity index (χ2v) is 18.5. The summed E-state index contributed by atoms with van der Waals surface area (Å²) in [5.41, 5.74) is 1.16. The van der Waals surface area contributed by atoms with Crippen LogP contribution >= 0.6 is 0 Å². The van der Waals surface area contributed by atoms with Gasteiger partial charge in [0.2, 0.25) is 0 Å². The number of nitroso groups, excluding NO2 is 1. The molecule has 0 aromatic carbocycles. The van der Waals surface area contributed by atoms with E-state index in [1.807, 2.05) is 20.8 Å². The van der Waals surface area contributed by atoms with Crippen molar-refractivity contribution in [2.45, 2.75) is 152 Å². The van der Waals surface area contributed by atoms with Gasteiger partial charge in [-0.15, -0.1) is 0 Å². The van der Waals surface area contributed by atoms with Crippen LogP contribution in [-0.4, -0.2) is 36.0 Å². The molecule has 258 valence electrons. The van der Waals surface area contributed by atoms with Gasteiger partial charge in [-0.25, -0.2) is 0 Å². The molecule has 0 N–H and O–H groups in total. The minimum absolute atomic E-state index is 0.0119. The van der Waals surface area contributed by atoms with Gasteiger partial charge in [0, 0.05) is 11.8 Å². The molecule has 0 spiro atoms. The van der Waals surface area contributed by atoms with Crippen LogP contribution in [0, 0.1) is 62.1 Å². The average Bonchev–Trinajstić information content (AvgIpc) is 3.24. The van der Waals surface area contributed by atoms with Crippen molar-refractivity contribution < 1.29 is 23.9 Å². The number of allylic oxidation sites excluding steroid dienone is 2. The lowest BCUT2D eigenvalue weighted by molar-refractivity contribution is -0.192. The van der Waals surface area contributed by atoms with E-state index in [-0.39, 0.29) is 52.5 Å². The SMILES string of the molecule is CC(C)C1=C2C3CCC4C(C)(CCC5C(C)C(OC(=O)CC(C)(C)C(=O)OC(C)(C)C)CCC54C)C3CCC2(CCN=O)CC1=O. The van der Waals surface area contributed by atoms with E-state index in [0.717, 1.165) is 56.9 Å². The Morgan fingerprint density at radius 2 is 1.57 bits per heavy atom. The number of carbonyl (C=O) groups excluding carboxylic acids is 3. The number of fused-ring (bicyclic) bond motifs is 7. The largest absolute Gasteiger partial charge is 0.462 e. The van der Waals surface area contributed by atoms with E-state index in [2.05, 4.69) is 39.8 Å². The van der Waals surface area contributed by atoms with Crippen LogP contribution in [0.5, 0.6) is 0 Å². The summed E-state index contributed by atoms with van der Waals surface area (Å²) < 4.78 is 11.8. The number of Topliss-reactive ketones (excluding diaryl/α,β-unsaturated/α-hetero) is 1. The molecule has 0 bridgehead atoms. The van der Waals surface area contributed by atoms with Gasteiger partial charge in [0.15, 0.2) is 5.78 Å². The lowest BCUT2D eigenvalue weighted by Gasteiger charge is -2.67. The second kappa shape index (κ2) is 12.1. The molecule has 46 heavy (non-hydrogen) atoms. The van der Waals surface area contributed by atoms with Gasteiger partial charge >= 0.3 is 11.9 Å². The predicted molar refractivity (Wildman–Crippen MR) is 180 cm³/mol. The predicted octanol–water partition coefficient (Wildman–Crippen LogP) is 9.01. The van der Waals surface area contributed by atoms with Crippen LogP contribution in [0.15, 0.2) is 16.3 Å². The van der Waals surface area contributed by atoms with E-state index < -0.39 is 11.0 Å². The van der Waals surface area contributed by atoms with E-state index >= 15 is 0 Å². The van der Waals surface area contributed by atoms with Crippen LogP contribution < -0.4 is 0 Å². The topological polar surface area (TPSA) is 99.1 Å². The van der Waals surface area contributed by atoms with Crippen molar-refractivity contribution in [3.8, 4) is 0 Å². The van der Waals surface area contributed by atoms with Crippen molar-refractivity contribution in [3.63, 3.8) is 0 Å². The Morgan fingerprint density at radius 1 is 0.935 bits per heavy atom. The molecule has 5 rings (SSSR count). The number of ether oxygens (including phenoxy) is 2. The highest BCUT2D eigenvalue weighted by atomic mass is 16.6.